The van der Waals surface area contributed by atoms with Gasteiger partial charge in [0.25, 0.3) is 5.91 Å². The van der Waals surface area contributed by atoms with Gasteiger partial charge in [-0.15, -0.1) is 0 Å². The number of nitrogens with one attached hydrogen (secondary N) is 2. The van der Waals surface area contributed by atoms with Gasteiger partial charge in [0.15, 0.2) is 23.1 Å². The van der Waals surface area contributed by atoms with E-state index in [2.05, 4.69) is 10.6 Å². The molecule has 2 aromatic carbocycles. The molecule has 0 bridgehead atoms. The number of amides is 4. The molecule has 1 saturated heterocycles. The van der Waals surface area contributed by atoms with E-state index in [1.165, 1.54) is 13.0 Å². The number of anilines is 1. The topological polar surface area (TPSA) is 97.0 Å². The summed E-state index contributed by atoms with van der Waals surface area (Å²) in [4.78, 5) is 38.1. The van der Waals surface area contributed by atoms with Crippen LogP contribution in [0.2, 0.25) is 0 Å². The van der Waals surface area contributed by atoms with Crippen LogP contribution in [0, 0.1) is 11.6 Å². The Kier molecular flexibility index (Phi) is 4.33. The number of ether oxygens (including phenoxy) is 2. The molecule has 1 unspecified atom stereocenters. The number of fused-ring (bicyclic) bond motifs is 1. The monoisotopic (exact) mass is 403 g/mol. The standard InChI is InChI=1S/C19H15F2N3O5/c1-19(10-2-4-12(20)13(21)6-10)17(26)24(18(27)23-19)8-16(25)22-11-3-5-14-15(7-11)29-9-28-14/h2-7H,8-9H2,1H3,(H,22,25)(H,23,27). The smallest absolute Gasteiger partial charge is 0.325 e. The van der Waals surface area contributed by atoms with E-state index in [0.717, 1.165) is 12.1 Å². The maximum absolute atomic E-state index is 13.6. The lowest BCUT2D eigenvalue weighted by molar-refractivity contribution is -0.133. The predicted octanol–water partition coefficient (Wildman–Crippen LogP) is 2.10. The quantitative estimate of drug-likeness (QED) is 0.763. The molecule has 2 aliphatic rings. The summed E-state index contributed by atoms with van der Waals surface area (Å²) < 4.78 is 37.2. The number of nitrogens with zero attached hydrogens (tertiary/aromatic N) is 1. The lowest BCUT2D eigenvalue weighted by Crippen LogP contribution is -2.42. The first-order valence-corrected chi connectivity index (χ1v) is 8.57. The van der Waals surface area contributed by atoms with Gasteiger partial charge in [-0.2, -0.15) is 0 Å². The van der Waals surface area contributed by atoms with Gasteiger partial charge in [0.1, 0.15) is 12.1 Å². The third-order valence-corrected chi connectivity index (χ3v) is 4.73. The second kappa shape index (κ2) is 6.73. The molecule has 1 fully saturated rings. The Morgan fingerprint density at radius 2 is 1.90 bits per heavy atom. The van der Waals surface area contributed by atoms with Crippen molar-refractivity contribution in [2.45, 2.75) is 12.5 Å². The SMILES string of the molecule is CC1(c2ccc(F)c(F)c2)NC(=O)N(CC(=O)Nc2ccc3c(c2)OCO3)C1=O. The zero-order valence-electron chi connectivity index (χ0n) is 15.1. The highest BCUT2D eigenvalue weighted by atomic mass is 19.2. The Hall–Kier alpha value is -3.69. The van der Waals surface area contributed by atoms with Crippen molar-refractivity contribution in [2.75, 3.05) is 18.7 Å². The molecule has 4 rings (SSSR count). The Labute approximate surface area is 163 Å². The van der Waals surface area contributed by atoms with Gasteiger partial charge in [-0.05, 0) is 36.8 Å². The van der Waals surface area contributed by atoms with E-state index >= 15 is 0 Å². The van der Waals surface area contributed by atoms with Crippen LogP contribution in [0.5, 0.6) is 11.5 Å². The molecule has 4 amide bonds. The molecule has 0 radical (unpaired) electrons. The number of carbonyl (C=O) groups excluding carboxylic acids is 3. The number of urea groups is 1. The van der Waals surface area contributed by atoms with Crippen molar-refractivity contribution in [3.63, 3.8) is 0 Å². The van der Waals surface area contributed by atoms with Crippen LogP contribution in [0.25, 0.3) is 0 Å². The molecule has 2 aromatic rings. The van der Waals surface area contributed by atoms with E-state index in [0.29, 0.717) is 22.1 Å². The van der Waals surface area contributed by atoms with Crippen molar-refractivity contribution in [2.24, 2.45) is 0 Å². The summed E-state index contributed by atoms with van der Waals surface area (Å²) in [5.74, 6) is -2.60. The van der Waals surface area contributed by atoms with Crippen LogP contribution < -0.4 is 20.1 Å². The minimum Gasteiger partial charge on any atom is -0.454 e. The molecule has 8 nitrogen and oxygen atoms in total. The zero-order valence-corrected chi connectivity index (χ0v) is 15.1. The molecule has 1 atom stereocenters. The molecule has 0 aromatic heterocycles. The number of halogens is 2. The summed E-state index contributed by atoms with van der Waals surface area (Å²) in [6, 6.07) is 6.84. The van der Waals surface area contributed by atoms with E-state index in [-0.39, 0.29) is 12.4 Å². The van der Waals surface area contributed by atoms with Gasteiger partial charge in [0.05, 0.1) is 0 Å². The maximum atomic E-state index is 13.6. The van der Waals surface area contributed by atoms with Gasteiger partial charge in [-0.1, -0.05) is 6.07 Å². The van der Waals surface area contributed by atoms with Crippen LogP contribution in [0.15, 0.2) is 36.4 Å². The van der Waals surface area contributed by atoms with Crippen LogP contribution in [-0.2, 0) is 15.1 Å². The second-order valence-corrected chi connectivity index (χ2v) is 6.69. The lowest BCUT2D eigenvalue weighted by Gasteiger charge is -2.22. The van der Waals surface area contributed by atoms with Crippen molar-refractivity contribution in [1.29, 1.82) is 0 Å². The molecule has 2 heterocycles. The van der Waals surface area contributed by atoms with Crippen LogP contribution in [0.1, 0.15) is 12.5 Å². The first-order chi connectivity index (χ1) is 13.8. The van der Waals surface area contributed by atoms with Crippen LogP contribution in [0.4, 0.5) is 19.3 Å². The molecular weight excluding hydrogens is 388 g/mol. The number of hydrogen-bond donors (Lipinski definition) is 2. The van der Waals surface area contributed by atoms with Crippen molar-refractivity contribution >= 4 is 23.5 Å². The van der Waals surface area contributed by atoms with E-state index in [1.54, 1.807) is 18.2 Å². The highest BCUT2D eigenvalue weighted by molar-refractivity contribution is 6.10. The maximum Gasteiger partial charge on any atom is 0.325 e. The third-order valence-electron chi connectivity index (χ3n) is 4.73. The predicted molar refractivity (Wildman–Crippen MR) is 95.1 cm³/mol. The highest BCUT2D eigenvalue weighted by Crippen LogP contribution is 2.34. The molecule has 0 saturated carbocycles. The summed E-state index contributed by atoms with van der Waals surface area (Å²) in [7, 11) is 0. The largest absolute Gasteiger partial charge is 0.454 e. The molecule has 2 N–H and O–H groups in total. The zero-order chi connectivity index (χ0) is 20.8. The Morgan fingerprint density at radius 1 is 1.14 bits per heavy atom. The fourth-order valence-electron chi connectivity index (χ4n) is 3.16. The van der Waals surface area contributed by atoms with Crippen molar-refractivity contribution in [3.05, 3.63) is 53.6 Å². The average Bonchev–Trinajstić information content (AvgIpc) is 3.22. The molecule has 150 valence electrons. The number of carbonyl (C=O) groups is 3. The fraction of sp³-hybridized carbons (Fsp3) is 0.211. The first kappa shape index (κ1) is 18.7. The molecule has 0 aliphatic carbocycles. The normalized spacial score (nSPS) is 20.0. The third kappa shape index (κ3) is 3.22. The molecule has 29 heavy (non-hydrogen) atoms. The van der Waals surface area contributed by atoms with Gasteiger partial charge in [-0.25, -0.2) is 13.6 Å². The highest BCUT2D eigenvalue weighted by Gasteiger charge is 2.49. The van der Waals surface area contributed by atoms with Gasteiger partial charge >= 0.3 is 6.03 Å². The lowest BCUT2D eigenvalue weighted by atomic mass is 9.92. The van der Waals surface area contributed by atoms with E-state index in [1.807, 2.05) is 0 Å². The molecule has 2 aliphatic heterocycles. The van der Waals surface area contributed by atoms with Crippen molar-refractivity contribution in [1.82, 2.24) is 10.2 Å². The average molecular weight is 403 g/mol. The summed E-state index contributed by atoms with van der Waals surface area (Å²) >= 11 is 0. The van der Waals surface area contributed by atoms with Crippen LogP contribution in [-0.4, -0.2) is 36.1 Å². The Bertz CT molecular complexity index is 1040. The van der Waals surface area contributed by atoms with Crippen LogP contribution in [0.3, 0.4) is 0 Å². The summed E-state index contributed by atoms with van der Waals surface area (Å²) in [5.41, 5.74) is -1.16. The summed E-state index contributed by atoms with van der Waals surface area (Å²) in [6.07, 6.45) is 0. The molecular formula is C19H15F2N3O5. The summed E-state index contributed by atoms with van der Waals surface area (Å²) in [5, 5.41) is 4.99. The molecule has 10 heteroatoms. The minimum atomic E-state index is -1.62. The van der Waals surface area contributed by atoms with Crippen LogP contribution >= 0.6 is 0 Å². The van der Waals surface area contributed by atoms with E-state index in [9.17, 15) is 23.2 Å². The summed E-state index contributed by atoms with van der Waals surface area (Å²) in [6.45, 7) is 0.881. The number of hydrogen-bond acceptors (Lipinski definition) is 5. The fourth-order valence-corrected chi connectivity index (χ4v) is 3.16. The van der Waals surface area contributed by atoms with Crippen molar-refractivity contribution in [3.8, 4) is 11.5 Å². The van der Waals surface area contributed by atoms with E-state index < -0.39 is 41.6 Å². The van der Waals surface area contributed by atoms with Gasteiger partial charge < -0.3 is 20.1 Å². The van der Waals surface area contributed by atoms with Crippen molar-refractivity contribution < 1.29 is 32.6 Å². The van der Waals surface area contributed by atoms with Gasteiger partial charge in [-0.3, -0.25) is 14.5 Å². The number of rotatable bonds is 4. The number of benzene rings is 2. The van der Waals surface area contributed by atoms with Gasteiger partial charge in [0.2, 0.25) is 12.7 Å². The second-order valence-electron chi connectivity index (χ2n) is 6.69. The minimum absolute atomic E-state index is 0.0634. The Morgan fingerprint density at radius 3 is 2.66 bits per heavy atom. The van der Waals surface area contributed by atoms with E-state index in [4.69, 9.17) is 9.47 Å². The molecule has 0 spiro atoms. The first-order valence-electron chi connectivity index (χ1n) is 8.57. The Balaban J connectivity index is 1.48. The number of imide groups is 1. The van der Waals surface area contributed by atoms with Gasteiger partial charge in [0, 0.05) is 11.8 Å².